The Bertz CT molecular complexity index is 672. The number of halogens is 1. The Morgan fingerprint density at radius 3 is 2.56 bits per heavy atom. The first kappa shape index (κ1) is 19.8. The topological polar surface area (TPSA) is 68.2 Å². The van der Waals surface area contributed by atoms with E-state index in [0.29, 0.717) is 18.5 Å². The molecule has 0 bridgehead atoms. The van der Waals surface area contributed by atoms with Crippen LogP contribution in [0.5, 0.6) is 0 Å². The number of aromatic nitrogens is 2. The Hall–Kier alpha value is -1.57. The molecule has 2 aromatic rings. The Labute approximate surface area is 167 Å². The summed E-state index contributed by atoms with van der Waals surface area (Å²) in [6.45, 7) is 2.57. The Kier molecular flexibility index (Phi) is 7.74. The summed E-state index contributed by atoms with van der Waals surface area (Å²) >= 11 is 0. The van der Waals surface area contributed by atoms with E-state index in [1.165, 1.54) is 38.5 Å². The first-order valence-corrected chi connectivity index (χ1v) is 8.89. The SMILES string of the molecule is Cc1nn(-c2ccccc2)cc1CN=C(N)NC1CCCCCC1.I. The lowest BCUT2D eigenvalue weighted by Gasteiger charge is -2.16. The van der Waals surface area contributed by atoms with Crippen LogP contribution in [-0.4, -0.2) is 21.8 Å². The summed E-state index contributed by atoms with van der Waals surface area (Å²) in [6.07, 6.45) is 9.68. The molecule has 0 atom stereocenters. The summed E-state index contributed by atoms with van der Waals surface area (Å²) in [4.78, 5) is 4.52. The third-order valence-electron chi connectivity index (χ3n) is 4.65. The van der Waals surface area contributed by atoms with E-state index in [1.54, 1.807) is 0 Å². The van der Waals surface area contributed by atoms with Crippen molar-refractivity contribution >= 4 is 29.9 Å². The number of rotatable bonds is 4. The second-order valence-corrected chi connectivity index (χ2v) is 6.55. The molecule has 1 heterocycles. The van der Waals surface area contributed by atoms with Gasteiger partial charge in [-0.3, -0.25) is 0 Å². The van der Waals surface area contributed by atoms with E-state index >= 15 is 0 Å². The van der Waals surface area contributed by atoms with E-state index < -0.39 is 0 Å². The molecule has 0 aliphatic heterocycles. The molecule has 25 heavy (non-hydrogen) atoms. The Morgan fingerprint density at radius 2 is 1.88 bits per heavy atom. The minimum Gasteiger partial charge on any atom is -0.370 e. The van der Waals surface area contributed by atoms with Crippen molar-refractivity contribution < 1.29 is 0 Å². The zero-order valence-electron chi connectivity index (χ0n) is 14.8. The summed E-state index contributed by atoms with van der Waals surface area (Å²) in [5, 5.41) is 7.96. The van der Waals surface area contributed by atoms with Crippen molar-refractivity contribution in [2.24, 2.45) is 10.7 Å². The molecule has 5 nitrogen and oxygen atoms in total. The van der Waals surface area contributed by atoms with Gasteiger partial charge in [0.15, 0.2) is 5.96 Å². The molecule has 0 amide bonds. The zero-order valence-corrected chi connectivity index (χ0v) is 17.1. The molecule has 136 valence electrons. The number of para-hydroxylation sites is 1. The average molecular weight is 453 g/mol. The number of nitrogens with one attached hydrogen (secondary N) is 1. The maximum absolute atomic E-state index is 6.08. The van der Waals surface area contributed by atoms with E-state index in [9.17, 15) is 0 Å². The van der Waals surface area contributed by atoms with Crippen molar-refractivity contribution in [3.63, 3.8) is 0 Å². The molecular weight excluding hydrogens is 425 g/mol. The van der Waals surface area contributed by atoms with Gasteiger partial charge in [-0.15, -0.1) is 24.0 Å². The molecule has 1 aliphatic carbocycles. The fourth-order valence-electron chi connectivity index (χ4n) is 3.21. The molecule has 1 aromatic heterocycles. The lowest BCUT2D eigenvalue weighted by molar-refractivity contribution is 0.530. The third kappa shape index (κ3) is 5.73. The number of hydrogen-bond acceptors (Lipinski definition) is 2. The van der Waals surface area contributed by atoms with Gasteiger partial charge >= 0.3 is 0 Å². The van der Waals surface area contributed by atoms with Crippen molar-refractivity contribution in [1.29, 1.82) is 0 Å². The van der Waals surface area contributed by atoms with Gasteiger partial charge in [0.2, 0.25) is 0 Å². The number of guanidine groups is 1. The second-order valence-electron chi connectivity index (χ2n) is 6.55. The molecule has 1 fully saturated rings. The average Bonchev–Trinajstić information content (AvgIpc) is 2.79. The highest BCUT2D eigenvalue weighted by molar-refractivity contribution is 14.0. The smallest absolute Gasteiger partial charge is 0.189 e. The third-order valence-corrected chi connectivity index (χ3v) is 4.65. The Balaban J connectivity index is 0.00000225. The van der Waals surface area contributed by atoms with Crippen LogP contribution in [0.25, 0.3) is 5.69 Å². The van der Waals surface area contributed by atoms with Crippen molar-refractivity contribution in [3.8, 4) is 5.69 Å². The lowest BCUT2D eigenvalue weighted by Crippen LogP contribution is -2.39. The van der Waals surface area contributed by atoms with Crippen LogP contribution < -0.4 is 11.1 Å². The molecular formula is C19H28IN5. The first-order valence-electron chi connectivity index (χ1n) is 8.89. The summed E-state index contributed by atoms with van der Waals surface area (Å²) in [5.41, 5.74) is 9.23. The quantitative estimate of drug-likeness (QED) is 0.319. The molecule has 1 aromatic carbocycles. The monoisotopic (exact) mass is 453 g/mol. The fourth-order valence-corrected chi connectivity index (χ4v) is 3.21. The van der Waals surface area contributed by atoms with Gasteiger partial charge in [-0.2, -0.15) is 5.10 Å². The van der Waals surface area contributed by atoms with Gasteiger partial charge in [-0.25, -0.2) is 9.67 Å². The number of nitrogens with zero attached hydrogens (tertiary/aromatic N) is 3. The highest BCUT2D eigenvalue weighted by atomic mass is 127. The van der Waals surface area contributed by atoms with Gasteiger partial charge < -0.3 is 11.1 Å². The molecule has 0 radical (unpaired) electrons. The van der Waals surface area contributed by atoms with Crippen LogP contribution in [-0.2, 0) is 6.54 Å². The molecule has 3 N–H and O–H groups in total. The first-order chi connectivity index (χ1) is 11.7. The predicted molar refractivity (Wildman–Crippen MR) is 114 cm³/mol. The van der Waals surface area contributed by atoms with Gasteiger partial charge in [-0.05, 0) is 31.9 Å². The number of nitrogens with two attached hydrogens (primary N) is 1. The number of aryl methyl sites for hydroxylation is 1. The molecule has 1 saturated carbocycles. The van der Waals surface area contributed by atoms with E-state index in [0.717, 1.165) is 16.9 Å². The molecule has 0 spiro atoms. The fraction of sp³-hybridized carbons (Fsp3) is 0.474. The maximum atomic E-state index is 6.08. The summed E-state index contributed by atoms with van der Waals surface area (Å²) in [5.74, 6) is 0.550. The van der Waals surface area contributed by atoms with Crippen molar-refractivity contribution in [3.05, 3.63) is 47.8 Å². The highest BCUT2D eigenvalue weighted by Gasteiger charge is 2.12. The largest absolute Gasteiger partial charge is 0.370 e. The van der Waals surface area contributed by atoms with Crippen molar-refractivity contribution in [2.45, 2.75) is 58.0 Å². The van der Waals surface area contributed by atoms with Crippen molar-refractivity contribution in [1.82, 2.24) is 15.1 Å². The number of aliphatic imine (C=N–C) groups is 1. The normalized spacial score (nSPS) is 16.1. The number of benzene rings is 1. The molecule has 6 heteroatoms. The minimum absolute atomic E-state index is 0. The summed E-state index contributed by atoms with van der Waals surface area (Å²) < 4.78 is 1.90. The van der Waals surface area contributed by atoms with E-state index in [4.69, 9.17) is 5.73 Å². The van der Waals surface area contributed by atoms with Gasteiger partial charge in [-0.1, -0.05) is 43.9 Å². The summed E-state index contributed by atoms with van der Waals surface area (Å²) in [7, 11) is 0. The van der Waals surface area contributed by atoms with Crippen LogP contribution in [0.4, 0.5) is 0 Å². The van der Waals surface area contributed by atoms with Crippen LogP contribution in [0, 0.1) is 6.92 Å². The van der Waals surface area contributed by atoms with Gasteiger partial charge in [0.25, 0.3) is 0 Å². The van der Waals surface area contributed by atoms with Crippen LogP contribution in [0.2, 0.25) is 0 Å². The van der Waals surface area contributed by atoms with Crippen LogP contribution in [0.15, 0.2) is 41.5 Å². The van der Waals surface area contributed by atoms with Crippen LogP contribution >= 0.6 is 24.0 Å². The number of hydrogen-bond donors (Lipinski definition) is 2. The highest BCUT2D eigenvalue weighted by Crippen LogP contribution is 2.17. The van der Waals surface area contributed by atoms with E-state index in [1.807, 2.05) is 48.1 Å². The molecule has 1 aliphatic rings. The van der Waals surface area contributed by atoms with Crippen LogP contribution in [0.1, 0.15) is 49.8 Å². The van der Waals surface area contributed by atoms with Gasteiger partial charge in [0, 0.05) is 17.8 Å². The van der Waals surface area contributed by atoms with Crippen LogP contribution in [0.3, 0.4) is 0 Å². The van der Waals surface area contributed by atoms with Gasteiger partial charge in [0.05, 0.1) is 17.9 Å². The maximum Gasteiger partial charge on any atom is 0.189 e. The minimum atomic E-state index is 0. The lowest BCUT2D eigenvalue weighted by atomic mass is 10.1. The van der Waals surface area contributed by atoms with E-state index in [2.05, 4.69) is 15.4 Å². The predicted octanol–water partition coefficient (Wildman–Crippen LogP) is 3.93. The Morgan fingerprint density at radius 1 is 1.20 bits per heavy atom. The zero-order chi connectivity index (χ0) is 16.8. The molecule has 3 rings (SSSR count). The summed E-state index contributed by atoms with van der Waals surface area (Å²) in [6, 6.07) is 10.6. The standard InChI is InChI=1S/C19H27N5.HI/c1-15-16(14-24(23-15)18-11-7-4-8-12-18)13-21-19(20)22-17-9-5-2-3-6-10-17;/h4,7-8,11-12,14,17H,2-3,5-6,9-10,13H2,1H3,(H3,20,21,22);1H. The second kappa shape index (κ2) is 9.79. The van der Waals surface area contributed by atoms with E-state index in [-0.39, 0.29) is 24.0 Å². The van der Waals surface area contributed by atoms with Crippen molar-refractivity contribution in [2.75, 3.05) is 0 Å². The molecule has 0 unspecified atom stereocenters. The van der Waals surface area contributed by atoms with Gasteiger partial charge in [0.1, 0.15) is 0 Å². The molecule has 0 saturated heterocycles.